The summed E-state index contributed by atoms with van der Waals surface area (Å²) in [6.45, 7) is 1.82. The van der Waals surface area contributed by atoms with E-state index in [0.29, 0.717) is 6.42 Å². The molecule has 1 unspecified atom stereocenters. The molecular formula is C16H19O3P. The lowest BCUT2D eigenvalue weighted by molar-refractivity contribution is 0.350. The Bertz CT molecular complexity index is 538. The van der Waals surface area contributed by atoms with Crippen LogP contribution in [0.25, 0.3) is 0 Å². The maximum absolute atomic E-state index is 11.8. The van der Waals surface area contributed by atoms with Crippen molar-refractivity contribution in [2.75, 3.05) is 0 Å². The Hall–Kier alpha value is -1.41. The lowest BCUT2D eigenvalue weighted by Gasteiger charge is -2.27. The van der Waals surface area contributed by atoms with Crippen molar-refractivity contribution in [2.24, 2.45) is 0 Å². The van der Waals surface area contributed by atoms with Gasteiger partial charge in [-0.15, -0.1) is 0 Å². The molecule has 0 amide bonds. The van der Waals surface area contributed by atoms with Crippen molar-refractivity contribution in [1.82, 2.24) is 0 Å². The summed E-state index contributed by atoms with van der Waals surface area (Å²) >= 11 is 0. The second-order valence-electron chi connectivity index (χ2n) is 4.86. The molecule has 1 atom stereocenters. The first kappa shape index (κ1) is 15.0. The van der Waals surface area contributed by atoms with E-state index in [1.807, 2.05) is 67.6 Å². The van der Waals surface area contributed by atoms with Crippen LogP contribution in [0, 0.1) is 0 Å². The Labute approximate surface area is 119 Å². The van der Waals surface area contributed by atoms with Gasteiger partial charge in [0.15, 0.2) is 0 Å². The smallest absolute Gasteiger partial charge is 0.324 e. The van der Waals surface area contributed by atoms with Crippen molar-refractivity contribution in [1.29, 1.82) is 0 Å². The monoisotopic (exact) mass is 290 g/mol. The molecule has 4 heteroatoms. The summed E-state index contributed by atoms with van der Waals surface area (Å²) in [6.07, 6.45) is 0.429. The Morgan fingerprint density at radius 2 is 1.30 bits per heavy atom. The van der Waals surface area contributed by atoms with Gasteiger partial charge in [0.25, 0.3) is 0 Å². The molecule has 0 aromatic heterocycles. The van der Waals surface area contributed by atoms with E-state index in [9.17, 15) is 14.4 Å². The molecule has 0 radical (unpaired) electrons. The van der Waals surface area contributed by atoms with Gasteiger partial charge in [-0.3, -0.25) is 4.57 Å². The largest absolute Gasteiger partial charge is 0.329 e. The highest BCUT2D eigenvalue weighted by Gasteiger charge is 2.36. The Morgan fingerprint density at radius 1 is 0.900 bits per heavy atom. The lowest BCUT2D eigenvalue weighted by atomic mass is 9.87. The van der Waals surface area contributed by atoms with Crippen LogP contribution in [0.15, 0.2) is 60.7 Å². The normalized spacial score (nSPS) is 13.4. The van der Waals surface area contributed by atoms with E-state index >= 15 is 0 Å². The molecule has 20 heavy (non-hydrogen) atoms. The minimum Gasteiger partial charge on any atom is -0.324 e. The fraction of sp³-hybridized carbons (Fsp3) is 0.250. The zero-order valence-electron chi connectivity index (χ0n) is 11.4. The first-order chi connectivity index (χ1) is 9.54. The fourth-order valence-electron chi connectivity index (χ4n) is 2.63. The zero-order chi connectivity index (χ0) is 14.6. The van der Waals surface area contributed by atoms with Crippen molar-refractivity contribution in [3.63, 3.8) is 0 Å². The third kappa shape index (κ3) is 3.37. The number of benzene rings is 2. The second-order valence-corrected chi connectivity index (χ2v) is 6.71. The molecule has 2 aromatic rings. The van der Waals surface area contributed by atoms with Crippen LogP contribution < -0.4 is 0 Å². The predicted molar refractivity (Wildman–Crippen MR) is 80.9 cm³/mol. The Morgan fingerprint density at radius 3 is 1.60 bits per heavy atom. The van der Waals surface area contributed by atoms with E-state index in [1.54, 1.807) is 0 Å². The maximum Gasteiger partial charge on any atom is 0.329 e. The van der Waals surface area contributed by atoms with Crippen LogP contribution in [-0.4, -0.2) is 15.4 Å². The first-order valence-electron chi connectivity index (χ1n) is 6.69. The van der Waals surface area contributed by atoms with Crippen LogP contribution in [0.2, 0.25) is 0 Å². The van der Waals surface area contributed by atoms with Crippen LogP contribution in [0.3, 0.4) is 0 Å². The van der Waals surface area contributed by atoms with Gasteiger partial charge in [-0.05, 0) is 17.5 Å². The van der Waals surface area contributed by atoms with Gasteiger partial charge in [-0.25, -0.2) is 0 Å². The van der Waals surface area contributed by atoms with E-state index < -0.39 is 13.3 Å². The molecule has 2 N–H and O–H groups in total. The summed E-state index contributed by atoms with van der Waals surface area (Å²) in [5.41, 5.74) is 1.18. The molecule has 0 aliphatic rings. The quantitative estimate of drug-likeness (QED) is 0.824. The van der Waals surface area contributed by atoms with Crippen molar-refractivity contribution in [3.8, 4) is 0 Å². The van der Waals surface area contributed by atoms with Gasteiger partial charge in [0.05, 0.1) is 5.66 Å². The highest BCUT2D eigenvalue weighted by Crippen LogP contribution is 2.51. The molecule has 0 saturated heterocycles. The zero-order valence-corrected chi connectivity index (χ0v) is 12.3. The lowest BCUT2D eigenvalue weighted by Crippen LogP contribution is -2.19. The van der Waals surface area contributed by atoms with Gasteiger partial charge in [-0.1, -0.05) is 67.6 Å². The Balaban J connectivity index is 2.53. The van der Waals surface area contributed by atoms with Crippen LogP contribution in [-0.2, 0) is 4.57 Å². The average Bonchev–Trinajstić information content (AvgIpc) is 2.45. The van der Waals surface area contributed by atoms with Crippen molar-refractivity contribution in [3.05, 3.63) is 71.8 Å². The third-order valence-corrected chi connectivity index (χ3v) is 5.08. The molecule has 0 spiro atoms. The highest BCUT2D eigenvalue weighted by atomic mass is 31.2. The molecule has 0 bridgehead atoms. The SMILES string of the molecule is CCC(C(c1ccccc1)c1ccccc1)P(=O)(O)O. The summed E-state index contributed by atoms with van der Waals surface area (Å²) in [6, 6.07) is 19.1. The molecule has 0 heterocycles. The summed E-state index contributed by atoms with van der Waals surface area (Å²) in [5.74, 6) is -0.289. The van der Waals surface area contributed by atoms with E-state index in [-0.39, 0.29) is 5.92 Å². The van der Waals surface area contributed by atoms with E-state index in [4.69, 9.17) is 0 Å². The van der Waals surface area contributed by atoms with Crippen molar-refractivity contribution >= 4 is 7.60 Å². The number of hydrogen-bond donors (Lipinski definition) is 2. The molecule has 2 aromatic carbocycles. The third-order valence-electron chi connectivity index (χ3n) is 3.55. The number of hydrogen-bond acceptors (Lipinski definition) is 1. The van der Waals surface area contributed by atoms with Gasteiger partial charge in [0.2, 0.25) is 0 Å². The molecule has 3 nitrogen and oxygen atoms in total. The minimum atomic E-state index is -4.16. The molecule has 0 saturated carbocycles. The Kier molecular flexibility index (Phi) is 4.77. The van der Waals surface area contributed by atoms with Gasteiger partial charge in [0, 0.05) is 5.92 Å². The summed E-state index contributed by atoms with van der Waals surface area (Å²) < 4.78 is 11.8. The van der Waals surface area contributed by atoms with Crippen LogP contribution in [0.1, 0.15) is 30.4 Å². The molecule has 0 aliphatic heterocycles. The van der Waals surface area contributed by atoms with Crippen molar-refractivity contribution in [2.45, 2.75) is 24.9 Å². The summed E-state index contributed by atoms with van der Waals surface area (Å²) in [7, 11) is -4.16. The second kappa shape index (κ2) is 6.36. The van der Waals surface area contributed by atoms with Crippen molar-refractivity contribution < 1.29 is 14.4 Å². The highest BCUT2D eigenvalue weighted by molar-refractivity contribution is 7.52. The topological polar surface area (TPSA) is 57.5 Å². The van der Waals surface area contributed by atoms with Gasteiger partial charge in [0.1, 0.15) is 0 Å². The average molecular weight is 290 g/mol. The number of rotatable bonds is 5. The van der Waals surface area contributed by atoms with Crippen LogP contribution >= 0.6 is 7.60 Å². The van der Waals surface area contributed by atoms with E-state index in [2.05, 4.69) is 0 Å². The standard InChI is InChI=1S/C16H19O3P/c1-2-15(20(17,18)19)16(13-9-5-3-6-10-13)14-11-7-4-8-12-14/h3-12,15-16H,2H2,1H3,(H2,17,18,19). The van der Waals surface area contributed by atoms with Crippen LogP contribution in [0.4, 0.5) is 0 Å². The molecule has 0 aliphatic carbocycles. The predicted octanol–water partition coefficient (Wildman–Crippen LogP) is 3.77. The van der Waals surface area contributed by atoms with Gasteiger partial charge in [-0.2, -0.15) is 0 Å². The summed E-state index contributed by atoms with van der Waals surface area (Å²) in [5, 5.41) is 0. The maximum atomic E-state index is 11.8. The van der Waals surface area contributed by atoms with E-state index in [1.165, 1.54) is 0 Å². The molecule has 0 fully saturated rings. The van der Waals surface area contributed by atoms with Gasteiger partial charge < -0.3 is 9.79 Å². The first-order valence-corrected chi connectivity index (χ1v) is 8.37. The minimum absolute atomic E-state index is 0.289. The molecule has 106 valence electrons. The fourth-order valence-corrected chi connectivity index (χ4v) is 3.83. The van der Waals surface area contributed by atoms with E-state index in [0.717, 1.165) is 11.1 Å². The molecular weight excluding hydrogens is 271 g/mol. The summed E-state index contributed by atoms with van der Waals surface area (Å²) in [4.78, 5) is 19.4. The van der Waals surface area contributed by atoms with Crippen LogP contribution in [0.5, 0.6) is 0 Å². The molecule has 2 rings (SSSR count). The van der Waals surface area contributed by atoms with Gasteiger partial charge >= 0.3 is 7.60 Å².